The standard InChI is InChI=1S/C20H21ClFN3O2S.2ClH/c1-23-8-10-24(11-9-23)14-16-13-18(3-4-19(16)21)28(26,27)25-7-6-15-12-17(22)2-5-20(15)25;;/h2-7,12-13H,8-11,14H2,1H3;2*1H. The van der Waals surface area contributed by atoms with Crippen molar-refractivity contribution in [2.75, 3.05) is 33.2 Å². The van der Waals surface area contributed by atoms with Gasteiger partial charge in [-0.25, -0.2) is 16.8 Å². The third kappa shape index (κ3) is 4.93. The zero-order valence-corrected chi connectivity index (χ0v) is 19.5. The maximum Gasteiger partial charge on any atom is 0.268 e. The smallest absolute Gasteiger partial charge is 0.268 e. The highest BCUT2D eigenvalue weighted by Gasteiger charge is 2.22. The van der Waals surface area contributed by atoms with Gasteiger partial charge in [0.2, 0.25) is 0 Å². The van der Waals surface area contributed by atoms with E-state index >= 15 is 0 Å². The first-order valence-corrected chi connectivity index (χ1v) is 10.9. The van der Waals surface area contributed by atoms with E-state index in [2.05, 4.69) is 16.8 Å². The number of benzene rings is 2. The minimum absolute atomic E-state index is 0. The molecule has 0 spiro atoms. The van der Waals surface area contributed by atoms with Crippen LogP contribution in [0.5, 0.6) is 0 Å². The van der Waals surface area contributed by atoms with Crippen LogP contribution in [0, 0.1) is 5.82 Å². The molecule has 0 bridgehead atoms. The molecule has 30 heavy (non-hydrogen) atoms. The van der Waals surface area contributed by atoms with Gasteiger partial charge in [-0.1, -0.05) is 11.6 Å². The lowest BCUT2D eigenvalue weighted by atomic mass is 10.2. The predicted molar refractivity (Wildman–Crippen MR) is 123 cm³/mol. The van der Waals surface area contributed by atoms with E-state index in [1.807, 2.05) is 0 Å². The summed E-state index contributed by atoms with van der Waals surface area (Å²) in [5, 5.41) is 1.09. The summed E-state index contributed by atoms with van der Waals surface area (Å²) in [5.74, 6) is -0.399. The Morgan fingerprint density at radius 2 is 1.70 bits per heavy atom. The molecule has 0 radical (unpaired) electrons. The van der Waals surface area contributed by atoms with Gasteiger partial charge in [0.1, 0.15) is 5.82 Å². The molecule has 3 aromatic rings. The van der Waals surface area contributed by atoms with Crippen LogP contribution in [0.4, 0.5) is 4.39 Å². The quantitative estimate of drug-likeness (QED) is 0.544. The molecule has 164 valence electrons. The molecular formula is C20H23Cl3FN3O2S. The summed E-state index contributed by atoms with van der Waals surface area (Å²) in [7, 11) is -1.73. The third-order valence-electron chi connectivity index (χ3n) is 5.18. The summed E-state index contributed by atoms with van der Waals surface area (Å²) < 4.78 is 41.0. The van der Waals surface area contributed by atoms with Crippen molar-refractivity contribution in [1.82, 2.24) is 13.8 Å². The fourth-order valence-electron chi connectivity index (χ4n) is 3.49. The molecule has 10 heteroatoms. The highest BCUT2D eigenvalue weighted by atomic mass is 35.5. The van der Waals surface area contributed by atoms with Crippen LogP contribution in [0.25, 0.3) is 10.9 Å². The Morgan fingerprint density at radius 1 is 1.00 bits per heavy atom. The van der Waals surface area contributed by atoms with Crippen molar-refractivity contribution in [3.8, 4) is 0 Å². The van der Waals surface area contributed by atoms with Crippen LogP contribution < -0.4 is 0 Å². The SMILES string of the molecule is CN1CCN(Cc2cc(S(=O)(=O)n3ccc4cc(F)ccc43)ccc2Cl)CC1.Cl.Cl. The second kappa shape index (κ2) is 9.85. The number of piperazine rings is 1. The summed E-state index contributed by atoms with van der Waals surface area (Å²) in [6.45, 7) is 4.38. The fraction of sp³-hybridized carbons (Fsp3) is 0.300. The first kappa shape index (κ1) is 24.9. The molecule has 1 aliphatic heterocycles. The average Bonchev–Trinajstić information content (AvgIpc) is 3.09. The van der Waals surface area contributed by atoms with Crippen LogP contribution >= 0.6 is 36.4 Å². The lowest BCUT2D eigenvalue weighted by Crippen LogP contribution is -2.43. The largest absolute Gasteiger partial charge is 0.304 e. The van der Waals surface area contributed by atoms with E-state index in [4.69, 9.17) is 11.6 Å². The summed E-state index contributed by atoms with van der Waals surface area (Å²) in [5.41, 5.74) is 1.23. The Morgan fingerprint density at radius 3 is 2.40 bits per heavy atom. The molecule has 4 rings (SSSR count). The van der Waals surface area contributed by atoms with Crippen molar-refractivity contribution in [2.45, 2.75) is 11.4 Å². The Bertz CT molecular complexity index is 1130. The molecule has 1 aliphatic rings. The van der Waals surface area contributed by atoms with Crippen molar-refractivity contribution in [3.63, 3.8) is 0 Å². The molecule has 1 fully saturated rings. The van der Waals surface area contributed by atoms with E-state index in [0.29, 0.717) is 22.5 Å². The molecular weight excluding hydrogens is 472 g/mol. The van der Waals surface area contributed by atoms with Crippen LogP contribution in [0.15, 0.2) is 53.6 Å². The number of hydrogen-bond acceptors (Lipinski definition) is 4. The number of likely N-dealkylation sites (N-methyl/N-ethyl adjacent to an activating group) is 1. The predicted octanol–water partition coefficient (Wildman–Crippen LogP) is 4.26. The number of fused-ring (bicyclic) bond motifs is 1. The lowest BCUT2D eigenvalue weighted by Gasteiger charge is -2.32. The minimum atomic E-state index is -3.82. The second-order valence-electron chi connectivity index (χ2n) is 7.15. The van der Waals surface area contributed by atoms with E-state index in [1.165, 1.54) is 34.4 Å². The minimum Gasteiger partial charge on any atom is -0.304 e. The van der Waals surface area contributed by atoms with E-state index < -0.39 is 15.8 Å². The number of hydrogen-bond donors (Lipinski definition) is 0. The van der Waals surface area contributed by atoms with E-state index in [9.17, 15) is 12.8 Å². The van der Waals surface area contributed by atoms with Gasteiger partial charge in [-0.15, -0.1) is 24.8 Å². The first-order chi connectivity index (χ1) is 13.3. The second-order valence-corrected chi connectivity index (χ2v) is 9.37. The van der Waals surface area contributed by atoms with Crippen LogP contribution in [-0.4, -0.2) is 55.4 Å². The number of aromatic nitrogens is 1. The molecule has 5 nitrogen and oxygen atoms in total. The van der Waals surface area contributed by atoms with Gasteiger partial charge in [0.15, 0.2) is 0 Å². The number of rotatable bonds is 4. The molecule has 0 unspecified atom stereocenters. The molecule has 0 N–H and O–H groups in total. The van der Waals surface area contributed by atoms with Crippen molar-refractivity contribution in [3.05, 3.63) is 65.1 Å². The summed E-state index contributed by atoms with van der Waals surface area (Å²) in [6, 6.07) is 10.4. The van der Waals surface area contributed by atoms with Gasteiger partial charge in [-0.05, 0) is 55.1 Å². The number of halogens is 4. The van der Waals surface area contributed by atoms with Crippen LogP contribution in [0.3, 0.4) is 0 Å². The maximum atomic E-state index is 13.4. The normalized spacial score (nSPS) is 15.6. The summed E-state index contributed by atoms with van der Waals surface area (Å²) in [6.07, 6.45) is 1.45. The topological polar surface area (TPSA) is 45.6 Å². The zero-order valence-electron chi connectivity index (χ0n) is 16.3. The maximum absolute atomic E-state index is 13.4. The van der Waals surface area contributed by atoms with Gasteiger partial charge < -0.3 is 4.90 Å². The van der Waals surface area contributed by atoms with Gasteiger partial charge in [0.25, 0.3) is 10.0 Å². The molecule has 1 aromatic heterocycles. The van der Waals surface area contributed by atoms with Crippen LogP contribution in [0.2, 0.25) is 5.02 Å². The molecule has 1 saturated heterocycles. The van der Waals surface area contributed by atoms with E-state index in [0.717, 1.165) is 31.7 Å². The van der Waals surface area contributed by atoms with Gasteiger partial charge in [0, 0.05) is 49.3 Å². The van der Waals surface area contributed by atoms with E-state index in [-0.39, 0.29) is 29.7 Å². The Hall–Kier alpha value is -1.35. The van der Waals surface area contributed by atoms with Crippen LogP contribution in [0.1, 0.15) is 5.56 Å². The lowest BCUT2D eigenvalue weighted by molar-refractivity contribution is 0.148. The van der Waals surface area contributed by atoms with Crippen molar-refractivity contribution >= 4 is 57.3 Å². The van der Waals surface area contributed by atoms with Gasteiger partial charge in [-0.2, -0.15) is 0 Å². The fourth-order valence-corrected chi connectivity index (χ4v) is 5.07. The summed E-state index contributed by atoms with van der Waals surface area (Å²) in [4.78, 5) is 4.70. The Balaban J connectivity index is 0.00000160. The van der Waals surface area contributed by atoms with Gasteiger partial charge >= 0.3 is 0 Å². The van der Waals surface area contributed by atoms with Gasteiger partial charge in [-0.3, -0.25) is 4.90 Å². The monoisotopic (exact) mass is 493 g/mol. The number of nitrogens with zero attached hydrogens (tertiary/aromatic N) is 3. The van der Waals surface area contributed by atoms with Crippen molar-refractivity contribution in [1.29, 1.82) is 0 Å². The Kier molecular flexibility index (Phi) is 8.18. The molecule has 0 amide bonds. The van der Waals surface area contributed by atoms with Crippen LogP contribution in [-0.2, 0) is 16.6 Å². The van der Waals surface area contributed by atoms with Gasteiger partial charge in [0.05, 0.1) is 10.4 Å². The highest BCUT2D eigenvalue weighted by Crippen LogP contribution is 2.27. The molecule has 2 aromatic carbocycles. The van der Waals surface area contributed by atoms with Crippen molar-refractivity contribution < 1.29 is 12.8 Å². The Labute approximate surface area is 193 Å². The van der Waals surface area contributed by atoms with E-state index in [1.54, 1.807) is 18.2 Å². The first-order valence-electron chi connectivity index (χ1n) is 9.06. The average molecular weight is 495 g/mol. The zero-order chi connectivity index (χ0) is 19.9. The summed E-state index contributed by atoms with van der Waals surface area (Å²) >= 11 is 6.35. The third-order valence-corrected chi connectivity index (χ3v) is 7.24. The highest BCUT2D eigenvalue weighted by molar-refractivity contribution is 7.90. The molecule has 0 atom stereocenters. The molecule has 0 aliphatic carbocycles. The molecule has 0 saturated carbocycles. The van der Waals surface area contributed by atoms with Crippen molar-refractivity contribution in [2.24, 2.45) is 0 Å². The molecule has 2 heterocycles.